The lowest BCUT2D eigenvalue weighted by atomic mass is 10.4. The molecule has 3 aromatic heterocycles. The Hall–Kier alpha value is -1.82. The molecule has 6 heteroatoms. The van der Waals surface area contributed by atoms with Gasteiger partial charge in [0.25, 0.3) is 0 Å². The van der Waals surface area contributed by atoms with E-state index in [0.717, 1.165) is 22.3 Å². The van der Waals surface area contributed by atoms with Crippen LogP contribution in [0.5, 0.6) is 0 Å². The summed E-state index contributed by atoms with van der Waals surface area (Å²) in [6.45, 7) is 0. The van der Waals surface area contributed by atoms with Gasteiger partial charge in [-0.25, -0.2) is 4.98 Å². The van der Waals surface area contributed by atoms with Gasteiger partial charge >= 0.3 is 0 Å². The van der Waals surface area contributed by atoms with Crippen LogP contribution in [0.1, 0.15) is 49.2 Å². The molecule has 112 valence electrons. The van der Waals surface area contributed by atoms with Crippen LogP contribution < -0.4 is 0 Å². The standard InChI is InChI=1S/C16H17N5S/c1-2-8-20-9-12(17-14(20)3-1)10-22-16-19-18-15(11-4-5-11)21(16)13-6-7-13/h1-3,8-9,11,13H,4-7,10H2. The van der Waals surface area contributed by atoms with Crippen LogP contribution in [0.15, 0.2) is 35.7 Å². The van der Waals surface area contributed by atoms with Crippen molar-refractivity contribution >= 4 is 17.4 Å². The lowest BCUT2D eigenvalue weighted by Gasteiger charge is -2.07. The lowest BCUT2D eigenvalue weighted by Crippen LogP contribution is -2.01. The Morgan fingerprint density at radius 2 is 2.05 bits per heavy atom. The molecule has 2 aliphatic carbocycles. The topological polar surface area (TPSA) is 48.0 Å². The van der Waals surface area contributed by atoms with Crippen molar-refractivity contribution in [3.05, 3.63) is 42.1 Å². The number of hydrogen-bond donors (Lipinski definition) is 0. The first-order valence-electron chi connectivity index (χ1n) is 7.89. The van der Waals surface area contributed by atoms with Gasteiger partial charge in [-0.05, 0) is 37.8 Å². The summed E-state index contributed by atoms with van der Waals surface area (Å²) >= 11 is 1.76. The van der Waals surface area contributed by atoms with Crippen LogP contribution in [-0.2, 0) is 5.75 Å². The molecule has 2 aliphatic rings. The second-order valence-electron chi connectivity index (χ2n) is 6.20. The van der Waals surface area contributed by atoms with Crippen LogP contribution in [-0.4, -0.2) is 24.1 Å². The SMILES string of the molecule is c1ccn2cc(CSc3nnc(C4CC4)n3C3CC3)nc2c1. The molecule has 0 bridgehead atoms. The minimum absolute atomic E-state index is 0.647. The Morgan fingerprint density at radius 3 is 2.82 bits per heavy atom. The van der Waals surface area contributed by atoms with Crippen LogP contribution in [0, 0.1) is 0 Å². The second-order valence-corrected chi connectivity index (χ2v) is 7.15. The fourth-order valence-corrected chi connectivity index (χ4v) is 3.77. The number of nitrogens with zero attached hydrogens (tertiary/aromatic N) is 5. The Balaban J connectivity index is 1.39. The largest absolute Gasteiger partial charge is 0.307 e. The minimum atomic E-state index is 0.647. The van der Waals surface area contributed by atoms with Crippen molar-refractivity contribution in [2.24, 2.45) is 0 Å². The highest BCUT2D eigenvalue weighted by Crippen LogP contribution is 2.46. The summed E-state index contributed by atoms with van der Waals surface area (Å²) in [7, 11) is 0. The zero-order valence-corrected chi connectivity index (χ0v) is 13.0. The minimum Gasteiger partial charge on any atom is -0.307 e. The Morgan fingerprint density at radius 1 is 1.14 bits per heavy atom. The van der Waals surface area contributed by atoms with Gasteiger partial charge in [-0.2, -0.15) is 0 Å². The molecule has 2 fully saturated rings. The Bertz CT molecular complexity index is 795. The van der Waals surface area contributed by atoms with Gasteiger partial charge in [-0.1, -0.05) is 17.8 Å². The molecule has 0 amide bonds. The molecule has 0 aliphatic heterocycles. The summed E-state index contributed by atoms with van der Waals surface area (Å²) in [5.74, 6) is 2.73. The first kappa shape index (κ1) is 12.7. The van der Waals surface area contributed by atoms with E-state index in [-0.39, 0.29) is 0 Å². The predicted octanol–water partition coefficient (Wildman–Crippen LogP) is 3.43. The number of pyridine rings is 1. The third-order valence-electron chi connectivity index (χ3n) is 4.31. The molecule has 0 radical (unpaired) electrons. The highest BCUT2D eigenvalue weighted by atomic mass is 32.2. The number of hydrogen-bond acceptors (Lipinski definition) is 4. The first-order chi connectivity index (χ1) is 10.9. The average Bonchev–Trinajstić information content (AvgIpc) is 3.46. The number of aromatic nitrogens is 5. The highest BCUT2D eigenvalue weighted by Gasteiger charge is 2.36. The van der Waals surface area contributed by atoms with Crippen LogP contribution >= 0.6 is 11.8 Å². The number of imidazole rings is 1. The lowest BCUT2D eigenvalue weighted by molar-refractivity contribution is 0.627. The van der Waals surface area contributed by atoms with E-state index in [1.807, 2.05) is 24.4 Å². The molecule has 0 saturated heterocycles. The summed E-state index contributed by atoms with van der Waals surface area (Å²) in [5, 5.41) is 9.98. The first-order valence-corrected chi connectivity index (χ1v) is 8.87. The maximum Gasteiger partial charge on any atom is 0.191 e. The molecule has 0 N–H and O–H groups in total. The van der Waals surface area contributed by atoms with Crippen molar-refractivity contribution in [2.75, 3.05) is 0 Å². The highest BCUT2D eigenvalue weighted by molar-refractivity contribution is 7.98. The Labute approximate surface area is 132 Å². The normalized spacial score (nSPS) is 18.2. The third-order valence-corrected chi connectivity index (χ3v) is 5.29. The fraction of sp³-hybridized carbons (Fsp3) is 0.438. The van der Waals surface area contributed by atoms with Gasteiger partial charge in [0, 0.05) is 30.1 Å². The molecule has 0 atom stereocenters. The van der Waals surface area contributed by atoms with E-state index in [1.165, 1.54) is 31.5 Å². The summed E-state index contributed by atoms with van der Waals surface area (Å²) in [4.78, 5) is 4.66. The van der Waals surface area contributed by atoms with Gasteiger partial charge in [0.2, 0.25) is 0 Å². The van der Waals surface area contributed by atoms with Crippen LogP contribution in [0.25, 0.3) is 5.65 Å². The van der Waals surface area contributed by atoms with Crippen LogP contribution in [0.4, 0.5) is 0 Å². The van der Waals surface area contributed by atoms with Gasteiger partial charge < -0.3 is 8.97 Å². The van der Waals surface area contributed by atoms with E-state index in [4.69, 9.17) is 0 Å². The van der Waals surface area contributed by atoms with Gasteiger partial charge in [0.15, 0.2) is 5.16 Å². The number of rotatable bonds is 5. The molecule has 3 aromatic rings. The third kappa shape index (κ3) is 2.22. The van der Waals surface area contributed by atoms with Crippen molar-refractivity contribution in [3.8, 4) is 0 Å². The van der Waals surface area contributed by atoms with Crippen molar-refractivity contribution in [3.63, 3.8) is 0 Å². The maximum atomic E-state index is 4.66. The number of fused-ring (bicyclic) bond motifs is 1. The van der Waals surface area contributed by atoms with E-state index in [2.05, 4.69) is 30.3 Å². The van der Waals surface area contributed by atoms with Gasteiger partial charge in [0.05, 0.1) is 5.69 Å². The summed E-state index contributed by atoms with van der Waals surface area (Å²) < 4.78 is 4.47. The quantitative estimate of drug-likeness (QED) is 0.677. The van der Waals surface area contributed by atoms with Crippen LogP contribution in [0.2, 0.25) is 0 Å². The van der Waals surface area contributed by atoms with E-state index in [0.29, 0.717) is 12.0 Å². The maximum absolute atomic E-state index is 4.66. The van der Waals surface area contributed by atoms with Crippen molar-refractivity contribution in [1.82, 2.24) is 24.1 Å². The van der Waals surface area contributed by atoms with E-state index < -0.39 is 0 Å². The van der Waals surface area contributed by atoms with Crippen molar-refractivity contribution < 1.29 is 0 Å². The molecule has 0 spiro atoms. The van der Waals surface area contributed by atoms with E-state index >= 15 is 0 Å². The molecule has 0 unspecified atom stereocenters. The second kappa shape index (κ2) is 4.84. The summed E-state index contributed by atoms with van der Waals surface area (Å²) in [5.41, 5.74) is 2.09. The smallest absolute Gasteiger partial charge is 0.191 e. The zero-order valence-electron chi connectivity index (χ0n) is 12.2. The monoisotopic (exact) mass is 311 g/mol. The molecular weight excluding hydrogens is 294 g/mol. The van der Waals surface area contributed by atoms with Gasteiger partial charge in [-0.3, -0.25) is 0 Å². The number of thioether (sulfide) groups is 1. The van der Waals surface area contributed by atoms with E-state index in [1.54, 1.807) is 11.8 Å². The summed E-state index contributed by atoms with van der Waals surface area (Å²) in [6, 6.07) is 6.72. The van der Waals surface area contributed by atoms with Crippen LogP contribution in [0.3, 0.4) is 0 Å². The molecule has 22 heavy (non-hydrogen) atoms. The van der Waals surface area contributed by atoms with Crippen molar-refractivity contribution in [2.45, 2.75) is 48.6 Å². The fourth-order valence-electron chi connectivity index (χ4n) is 2.88. The van der Waals surface area contributed by atoms with E-state index in [9.17, 15) is 0 Å². The molecule has 0 aromatic carbocycles. The molecule has 5 nitrogen and oxygen atoms in total. The van der Waals surface area contributed by atoms with Gasteiger partial charge in [-0.15, -0.1) is 10.2 Å². The predicted molar refractivity (Wildman–Crippen MR) is 85.0 cm³/mol. The average molecular weight is 311 g/mol. The molecule has 5 rings (SSSR count). The summed E-state index contributed by atoms with van der Waals surface area (Å²) in [6.07, 6.45) is 9.25. The Kier molecular flexibility index (Phi) is 2.80. The van der Waals surface area contributed by atoms with Gasteiger partial charge in [0.1, 0.15) is 11.5 Å². The zero-order chi connectivity index (χ0) is 14.5. The van der Waals surface area contributed by atoms with Crippen molar-refractivity contribution in [1.29, 1.82) is 0 Å². The molecular formula is C16H17N5S. The molecule has 3 heterocycles. The molecule has 2 saturated carbocycles.